The van der Waals surface area contributed by atoms with Gasteiger partial charge in [0.2, 0.25) is 9.05 Å². The molecule has 0 aliphatic heterocycles. The van der Waals surface area contributed by atoms with Gasteiger partial charge in [-0.2, -0.15) is 0 Å². The van der Waals surface area contributed by atoms with E-state index in [1.54, 1.807) is 0 Å². The van der Waals surface area contributed by atoms with Crippen molar-refractivity contribution in [3.05, 3.63) is 47.5 Å². The van der Waals surface area contributed by atoms with Crippen LogP contribution in [0.4, 0.5) is 0 Å². The Kier molecular flexibility index (Phi) is 3.94. The van der Waals surface area contributed by atoms with Crippen molar-refractivity contribution in [3.8, 4) is 0 Å². The molecule has 0 bridgehead atoms. The maximum absolute atomic E-state index is 10.8. The zero-order valence-electron chi connectivity index (χ0n) is 8.53. The second-order valence-electron chi connectivity index (χ2n) is 3.54. The normalized spacial score (nSPS) is 11.3. The molecule has 0 fully saturated rings. The minimum Gasteiger partial charge on any atom is -0.212 e. The van der Waals surface area contributed by atoms with Gasteiger partial charge in [0.25, 0.3) is 0 Å². The van der Waals surface area contributed by atoms with E-state index in [1.165, 1.54) is 0 Å². The molecule has 1 aromatic rings. The molecule has 0 heterocycles. The summed E-state index contributed by atoms with van der Waals surface area (Å²) in [5, 5.41) is 0. The quantitative estimate of drug-likeness (QED) is 0.603. The summed E-state index contributed by atoms with van der Waals surface area (Å²) >= 11 is 0. The van der Waals surface area contributed by atoms with Crippen molar-refractivity contribution >= 4 is 19.7 Å². The van der Waals surface area contributed by atoms with Crippen LogP contribution in [0.2, 0.25) is 0 Å². The van der Waals surface area contributed by atoms with Crippen LogP contribution in [0, 0.1) is 6.92 Å². The Morgan fingerprint density at radius 2 is 2.00 bits per heavy atom. The van der Waals surface area contributed by atoms with Gasteiger partial charge < -0.3 is 0 Å². The summed E-state index contributed by atoms with van der Waals surface area (Å²) in [6.45, 7) is 5.70. The van der Waals surface area contributed by atoms with Gasteiger partial charge in [-0.3, -0.25) is 0 Å². The summed E-state index contributed by atoms with van der Waals surface area (Å²) < 4.78 is 21.6. The molecule has 2 nitrogen and oxygen atoms in total. The fourth-order valence-electron chi connectivity index (χ4n) is 1.37. The van der Waals surface area contributed by atoms with E-state index in [1.807, 2.05) is 31.2 Å². The Morgan fingerprint density at radius 3 is 2.53 bits per heavy atom. The van der Waals surface area contributed by atoms with Crippen molar-refractivity contribution in [2.45, 2.75) is 13.3 Å². The summed E-state index contributed by atoms with van der Waals surface area (Å²) in [6, 6.07) is 7.81. The molecular formula is C11H13ClO2S. The third-order valence-corrected chi connectivity index (χ3v) is 3.16. The minimum absolute atomic E-state index is 0.164. The first-order valence-corrected chi connectivity index (χ1v) is 7.00. The van der Waals surface area contributed by atoms with Gasteiger partial charge in [-0.15, -0.1) is 0 Å². The first-order chi connectivity index (χ1) is 6.88. The van der Waals surface area contributed by atoms with E-state index in [0.717, 1.165) is 11.1 Å². The van der Waals surface area contributed by atoms with Crippen LogP contribution in [0.25, 0.3) is 0 Å². The zero-order chi connectivity index (χ0) is 11.5. The van der Waals surface area contributed by atoms with E-state index in [9.17, 15) is 8.42 Å². The van der Waals surface area contributed by atoms with Crippen LogP contribution in [0.1, 0.15) is 11.1 Å². The van der Waals surface area contributed by atoms with Crippen molar-refractivity contribution in [1.29, 1.82) is 0 Å². The Balaban J connectivity index is 2.72. The molecule has 1 rings (SSSR count). The van der Waals surface area contributed by atoms with Crippen LogP contribution in [0.5, 0.6) is 0 Å². The number of benzene rings is 1. The van der Waals surface area contributed by atoms with Gasteiger partial charge in [0.05, 0.1) is 5.75 Å². The Bertz CT molecular complexity index is 463. The topological polar surface area (TPSA) is 34.1 Å². The van der Waals surface area contributed by atoms with E-state index < -0.39 is 9.05 Å². The molecule has 4 heteroatoms. The van der Waals surface area contributed by atoms with Crippen LogP contribution in [-0.2, 0) is 15.5 Å². The minimum atomic E-state index is -3.48. The van der Waals surface area contributed by atoms with Crippen molar-refractivity contribution in [3.63, 3.8) is 0 Å². The Morgan fingerprint density at radius 1 is 1.40 bits per heavy atom. The molecule has 82 valence electrons. The number of hydrogen-bond donors (Lipinski definition) is 0. The zero-order valence-corrected chi connectivity index (χ0v) is 10.1. The molecule has 15 heavy (non-hydrogen) atoms. The summed E-state index contributed by atoms with van der Waals surface area (Å²) in [7, 11) is 1.66. The van der Waals surface area contributed by atoms with Crippen LogP contribution in [-0.4, -0.2) is 14.2 Å². The molecule has 0 atom stereocenters. The van der Waals surface area contributed by atoms with Gasteiger partial charge in [0, 0.05) is 10.7 Å². The van der Waals surface area contributed by atoms with Gasteiger partial charge in [0.15, 0.2) is 0 Å². The summed E-state index contributed by atoms with van der Waals surface area (Å²) in [6.07, 6.45) is 0.554. The summed E-state index contributed by atoms with van der Waals surface area (Å²) in [5.74, 6) is -0.164. The molecule has 0 saturated heterocycles. The van der Waals surface area contributed by atoms with Gasteiger partial charge in [0.1, 0.15) is 0 Å². The maximum Gasteiger partial charge on any atom is 0.236 e. The molecule has 0 unspecified atom stereocenters. The fraction of sp³-hybridized carbons (Fsp3) is 0.273. The Labute approximate surface area is 95.0 Å². The molecule has 0 aromatic heterocycles. The predicted molar refractivity (Wildman–Crippen MR) is 63.7 cm³/mol. The van der Waals surface area contributed by atoms with Gasteiger partial charge in [-0.05, 0) is 24.5 Å². The highest BCUT2D eigenvalue weighted by Gasteiger charge is 2.09. The van der Waals surface area contributed by atoms with E-state index in [2.05, 4.69) is 6.58 Å². The number of aryl methyl sites for hydroxylation is 1. The van der Waals surface area contributed by atoms with E-state index in [4.69, 9.17) is 10.7 Å². The third-order valence-electron chi connectivity index (χ3n) is 2.08. The highest BCUT2D eigenvalue weighted by molar-refractivity contribution is 8.13. The van der Waals surface area contributed by atoms with Crippen LogP contribution in [0.3, 0.4) is 0 Å². The van der Waals surface area contributed by atoms with Gasteiger partial charge in [-0.25, -0.2) is 8.42 Å². The lowest BCUT2D eigenvalue weighted by Gasteiger charge is -2.06. The first kappa shape index (κ1) is 12.3. The SMILES string of the molecule is C=C(Cc1ccccc1C)CS(=O)(=O)Cl. The van der Waals surface area contributed by atoms with Crippen molar-refractivity contribution < 1.29 is 8.42 Å². The second-order valence-corrected chi connectivity index (χ2v) is 6.31. The second kappa shape index (κ2) is 4.81. The summed E-state index contributed by atoms with van der Waals surface area (Å²) in [5.41, 5.74) is 2.83. The van der Waals surface area contributed by atoms with E-state index >= 15 is 0 Å². The molecule has 1 aromatic carbocycles. The largest absolute Gasteiger partial charge is 0.236 e. The molecule has 0 aliphatic carbocycles. The number of halogens is 1. The van der Waals surface area contributed by atoms with Crippen LogP contribution >= 0.6 is 10.7 Å². The highest BCUT2D eigenvalue weighted by Crippen LogP contribution is 2.14. The molecular weight excluding hydrogens is 232 g/mol. The average molecular weight is 245 g/mol. The lowest BCUT2D eigenvalue weighted by Crippen LogP contribution is -2.03. The van der Waals surface area contributed by atoms with Gasteiger partial charge >= 0.3 is 0 Å². The molecule has 0 N–H and O–H groups in total. The molecule has 0 spiro atoms. The van der Waals surface area contributed by atoms with Crippen LogP contribution < -0.4 is 0 Å². The third kappa shape index (κ3) is 4.49. The van der Waals surface area contributed by atoms with Crippen LogP contribution in [0.15, 0.2) is 36.4 Å². The smallest absolute Gasteiger partial charge is 0.212 e. The lowest BCUT2D eigenvalue weighted by molar-refractivity contribution is 0.611. The van der Waals surface area contributed by atoms with E-state index in [-0.39, 0.29) is 5.75 Å². The standard InChI is InChI=1S/C11H13ClO2S/c1-9(8-15(12,13)14)7-11-6-4-3-5-10(11)2/h3-6H,1,7-8H2,2H3. The average Bonchev–Trinajstić information content (AvgIpc) is 2.05. The molecule has 0 saturated carbocycles. The summed E-state index contributed by atoms with van der Waals surface area (Å²) in [4.78, 5) is 0. The van der Waals surface area contributed by atoms with Crippen molar-refractivity contribution in [1.82, 2.24) is 0 Å². The van der Waals surface area contributed by atoms with Crippen molar-refractivity contribution in [2.75, 3.05) is 5.75 Å². The molecule has 0 radical (unpaired) electrons. The van der Waals surface area contributed by atoms with Crippen molar-refractivity contribution in [2.24, 2.45) is 0 Å². The van der Waals surface area contributed by atoms with Gasteiger partial charge in [-0.1, -0.05) is 36.4 Å². The number of hydrogen-bond acceptors (Lipinski definition) is 2. The maximum atomic E-state index is 10.8. The lowest BCUT2D eigenvalue weighted by atomic mass is 10.0. The predicted octanol–water partition coefficient (Wildman–Crippen LogP) is 2.66. The monoisotopic (exact) mass is 244 g/mol. The molecule has 0 amide bonds. The Hall–Kier alpha value is -0.800. The first-order valence-electron chi connectivity index (χ1n) is 4.52. The highest BCUT2D eigenvalue weighted by atomic mass is 35.7. The molecule has 0 aliphatic rings. The fourth-order valence-corrected chi connectivity index (χ4v) is 2.43. The number of rotatable bonds is 4. The van der Waals surface area contributed by atoms with E-state index in [0.29, 0.717) is 12.0 Å².